The van der Waals surface area contributed by atoms with E-state index in [0.29, 0.717) is 25.1 Å². The number of carboxylic acid groups (broad SMARTS) is 1. The lowest BCUT2D eigenvalue weighted by molar-refractivity contribution is -0.137. The molecule has 0 saturated heterocycles. The Morgan fingerprint density at radius 1 is 1.32 bits per heavy atom. The van der Waals surface area contributed by atoms with Crippen LogP contribution >= 0.6 is 0 Å². The SMILES string of the molecule is CCCN(CC(=O)O)C(=O)c1ccccc1CCN. The van der Waals surface area contributed by atoms with Crippen molar-refractivity contribution in [3.8, 4) is 0 Å². The normalized spacial score (nSPS) is 10.2. The first kappa shape index (κ1) is 15.2. The van der Waals surface area contributed by atoms with Crippen molar-refractivity contribution in [3.63, 3.8) is 0 Å². The molecule has 0 aliphatic carbocycles. The van der Waals surface area contributed by atoms with E-state index < -0.39 is 5.97 Å². The number of benzene rings is 1. The standard InChI is InChI=1S/C14H20N2O3/c1-2-9-16(10-13(17)18)14(19)12-6-4-3-5-11(12)7-8-15/h3-6H,2,7-10,15H2,1H3,(H,17,18). The zero-order chi connectivity index (χ0) is 14.3. The minimum Gasteiger partial charge on any atom is -0.480 e. The Balaban J connectivity index is 2.98. The highest BCUT2D eigenvalue weighted by Gasteiger charge is 2.19. The molecule has 3 N–H and O–H groups in total. The van der Waals surface area contributed by atoms with Gasteiger partial charge >= 0.3 is 5.97 Å². The molecular weight excluding hydrogens is 244 g/mol. The number of carboxylic acids is 1. The van der Waals surface area contributed by atoms with Gasteiger partial charge in [0, 0.05) is 12.1 Å². The van der Waals surface area contributed by atoms with Gasteiger partial charge in [-0.05, 0) is 31.0 Å². The van der Waals surface area contributed by atoms with Gasteiger partial charge in [0.05, 0.1) is 0 Å². The van der Waals surface area contributed by atoms with Crippen molar-refractivity contribution < 1.29 is 14.7 Å². The zero-order valence-corrected chi connectivity index (χ0v) is 11.1. The second kappa shape index (κ2) is 7.53. The molecular formula is C14H20N2O3. The Morgan fingerprint density at radius 3 is 2.58 bits per heavy atom. The highest BCUT2D eigenvalue weighted by atomic mass is 16.4. The van der Waals surface area contributed by atoms with E-state index in [0.717, 1.165) is 12.0 Å². The molecule has 0 aliphatic heterocycles. The van der Waals surface area contributed by atoms with Crippen molar-refractivity contribution in [1.82, 2.24) is 4.90 Å². The van der Waals surface area contributed by atoms with Gasteiger partial charge in [0.15, 0.2) is 0 Å². The predicted octanol–water partition coefficient (Wildman–Crippen LogP) is 1.12. The third-order valence-corrected chi connectivity index (χ3v) is 2.77. The Kier molecular flexibility index (Phi) is 6.02. The molecule has 0 aliphatic rings. The maximum absolute atomic E-state index is 12.4. The van der Waals surface area contributed by atoms with Crippen LogP contribution in [-0.2, 0) is 11.2 Å². The number of hydrogen-bond donors (Lipinski definition) is 2. The van der Waals surface area contributed by atoms with Crippen molar-refractivity contribution in [2.75, 3.05) is 19.6 Å². The van der Waals surface area contributed by atoms with E-state index >= 15 is 0 Å². The maximum atomic E-state index is 12.4. The average Bonchev–Trinajstić information content (AvgIpc) is 2.38. The van der Waals surface area contributed by atoms with Crippen molar-refractivity contribution in [3.05, 3.63) is 35.4 Å². The fourth-order valence-electron chi connectivity index (χ4n) is 1.96. The summed E-state index contributed by atoms with van der Waals surface area (Å²) in [5, 5.41) is 8.87. The Hall–Kier alpha value is -1.88. The number of amides is 1. The minimum absolute atomic E-state index is 0.242. The summed E-state index contributed by atoms with van der Waals surface area (Å²) in [5.41, 5.74) is 6.93. The molecule has 0 unspecified atom stereocenters. The number of nitrogens with zero attached hydrogens (tertiary/aromatic N) is 1. The van der Waals surface area contributed by atoms with Crippen LogP contribution in [0, 0.1) is 0 Å². The Morgan fingerprint density at radius 2 is 2.00 bits per heavy atom. The highest BCUT2D eigenvalue weighted by Crippen LogP contribution is 2.12. The van der Waals surface area contributed by atoms with Crippen LogP contribution in [0.3, 0.4) is 0 Å². The van der Waals surface area contributed by atoms with Gasteiger partial charge in [-0.25, -0.2) is 0 Å². The van der Waals surface area contributed by atoms with E-state index in [1.165, 1.54) is 4.90 Å². The molecule has 1 aromatic carbocycles. The third-order valence-electron chi connectivity index (χ3n) is 2.77. The van der Waals surface area contributed by atoms with E-state index in [4.69, 9.17) is 10.8 Å². The molecule has 5 nitrogen and oxygen atoms in total. The van der Waals surface area contributed by atoms with Crippen molar-refractivity contribution in [2.24, 2.45) is 5.73 Å². The van der Waals surface area contributed by atoms with Crippen LogP contribution in [0.2, 0.25) is 0 Å². The van der Waals surface area contributed by atoms with Gasteiger partial charge in [-0.1, -0.05) is 25.1 Å². The van der Waals surface area contributed by atoms with Gasteiger partial charge in [-0.15, -0.1) is 0 Å². The molecule has 1 aromatic rings. The van der Waals surface area contributed by atoms with Crippen LogP contribution in [0.1, 0.15) is 29.3 Å². The molecule has 0 saturated carbocycles. The fraction of sp³-hybridized carbons (Fsp3) is 0.429. The molecule has 0 heterocycles. The lowest BCUT2D eigenvalue weighted by Crippen LogP contribution is -2.36. The molecule has 1 rings (SSSR count). The summed E-state index contributed by atoms with van der Waals surface area (Å²) in [7, 11) is 0. The van der Waals surface area contributed by atoms with Gasteiger partial charge in [0.2, 0.25) is 0 Å². The monoisotopic (exact) mass is 264 g/mol. The van der Waals surface area contributed by atoms with E-state index in [1.54, 1.807) is 12.1 Å². The lowest BCUT2D eigenvalue weighted by atomic mass is 10.0. The van der Waals surface area contributed by atoms with Gasteiger partial charge in [0.1, 0.15) is 6.54 Å². The van der Waals surface area contributed by atoms with E-state index in [1.807, 2.05) is 19.1 Å². The highest BCUT2D eigenvalue weighted by molar-refractivity contribution is 5.97. The second-order valence-corrected chi connectivity index (χ2v) is 4.32. The molecule has 0 bridgehead atoms. The summed E-state index contributed by atoms with van der Waals surface area (Å²) in [4.78, 5) is 24.6. The van der Waals surface area contributed by atoms with Crippen molar-refractivity contribution in [2.45, 2.75) is 19.8 Å². The van der Waals surface area contributed by atoms with E-state index in [9.17, 15) is 9.59 Å². The molecule has 0 fully saturated rings. The quantitative estimate of drug-likeness (QED) is 0.773. The van der Waals surface area contributed by atoms with Gasteiger partial charge < -0.3 is 15.7 Å². The van der Waals surface area contributed by atoms with Crippen LogP contribution in [-0.4, -0.2) is 41.5 Å². The van der Waals surface area contributed by atoms with E-state index in [-0.39, 0.29) is 12.5 Å². The number of carbonyl (C=O) groups is 2. The maximum Gasteiger partial charge on any atom is 0.323 e. The summed E-state index contributed by atoms with van der Waals surface area (Å²) < 4.78 is 0. The lowest BCUT2D eigenvalue weighted by Gasteiger charge is -2.21. The first-order valence-corrected chi connectivity index (χ1v) is 6.39. The van der Waals surface area contributed by atoms with Crippen LogP contribution in [0.15, 0.2) is 24.3 Å². The summed E-state index contributed by atoms with van der Waals surface area (Å²) in [5.74, 6) is -1.24. The number of hydrogen-bond acceptors (Lipinski definition) is 3. The smallest absolute Gasteiger partial charge is 0.323 e. The molecule has 1 amide bonds. The third kappa shape index (κ3) is 4.37. The molecule has 0 aromatic heterocycles. The van der Waals surface area contributed by atoms with Crippen LogP contribution in [0.4, 0.5) is 0 Å². The predicted molar refractivity (Wildman–Crippen MR) is 73.0 cm³/mol. The molecule has 0 spiro atoms. The number of nitrogens with two attached hydrogens (primary N) is 1. The summed E-state index contributed by atoms with van der Waals surface area (Å²) >= 11 is 0. The Bertz CT molecular complexity index is 446. The number of rotatable bonds is 7. The minimum atomic E-state index is -1.00. The topological polar surface area (TPSA) is 83.6 Å². The Labute approximate surface area is 113 Å². The molecule has 104 valence electrons. The first-order chi connectivity index (χ1) is 9.10. The van der Waals surface area contributed by atoms with E-state index in [2.05, 4.69) is 0 Å². The van der Waals surface area contributed by atoms with Gasteiger partial charge in [0.25, 0.3) is 5.91 Å². The first-order valence-electron chi connectivity index (χ1n) is 6.39. The number of carbonyl (C=O) groups excluding carboxylic acids is 1. The van der Waals surface area contributed by atoms with Crippen molar-refractivity contribution in [1.29, 1.82) is 0 Å². The van der Waals surface area contributed by atoms with Crippen LogP contribution < -0.4 is 5.73 Å². The fourth-order valence-corrected chi connectivity index (χ4v) is 1.96. The summed E-state index contributed by atoms with van der Waals surface area (Å²) in [6.07, 6.45) is 1.33. The molecule has 0 radical (unpaired) electrons. The number of aliphatic carboxylic acids is 1. The van der Waals surface area contributed by atoms with Crippen LogP contribution in [0.5, 0.6) is 0 Å². The van der Waals surface area contributed by atoms with Gasteiger partial charge in [-0.3, -0.25) is 9.59 Å². The second-order valence-electron chi connectivity index (χ2n) is 4.32. The largest absolute Gasteiger partial charge is 0.480 e. The average molecular weight is 264 g/mol. The molecule has 19 heavy (non-hydrogen) atoms. The molecule has 0 atom stereocenters. The van der Waals surface area contributed by atoms with Crippen molar-refractivity contribution >= 4 is 11.9 Å². The van der Waals surface area contributed by atoms with Crippen LogP contribution in [0.25, 0.3) is 0 Å². The molecule has 5 heteroatoms. The zero-order valence-electron chi connectivity index (χ0n) is 11.1. The summed E-state index contributed by atoms with van der Waals surface area (Å²) in [6, 6.07) is 7.20. The van der Waals surface area contributed by atoms with Gasteiger partial charge in [-0.2, -0.15) is 0 Å². The summed E-state index contributed by atoms with van der Waals surface area (Å²) in [6.45, 7) is 2.52.